The van der Waals surface area contributed by atoms with E-state index >= 15 is 0 Å². The molecular formula is C9H14N4O. The molecule has 1 aromatic heterocycles. The first-order valence-electron chi connectivity index (χ1n) is 4.36. The van der Waals surface area contributed by atoms with E-state index in [4.69, 9.17) is 5.73 Å². The molecule has 0 spiro atoms. The number of aromatic amines is 1. The highest BCUT2D eigenvalue weighted by atomic mass is 16.1. The topological polar surface area (TPSA) is 83.8 Å². The average molecular weight is 194 g/mol. The maximum atomic E-state index is 11.4. The lowest BCUT2D eigenvalue weighted by molar-refractivity contribution is 0.0950. The molecule has 1 aromatic rings. The number of anilines is 1. The van der Waals surface area contributed by atoms with Gasteiger partial charge in [0.2, 0.25) is 0 Å². The number of aryl methyl sites for hydroxylation is 1. The van der Waals surface area contributed by atoms with E-state index in [0.717, 1.165) is 6.42 Å². The maximum absolute atomic E-state index is 11.4. The molecule has 5 heteroatoms. The summed E-state index contributed by atoms with van der Waals surface area (Å²) in [5.41, 5.74) is 7.00. The Morgan fingerprint density at radius 3 is 3.00 bits per heavy atom. The zero-order chi connectivity index (χ0) is 10.6. The van der Waals surface area contributed by atoms with Crippen LogP contribution in [0, 0.1) is 6.92 Å². The Bertz CT molecular complexity index is 343. The lowest BCUT2D eigenvalue weighted by atomic mass is 10.3. The molecule has 0 aliphatic carbocycles. The molecule has 0 radical (unpaired) electrons. The van der Waals surface area contributed by atoms with Gasteiger partial charge in [-0.25, -0.2) is 0 Å². The number of nitrogens with zero attached hydrogens (tertiary/aromatic N) is 1. The molecule has 1 heterocycles. The van der Waals surface area contributed by atoms with Gasteiger partial charge >= 0.3 is 0 Å². The minimum atomic E-state index is -0.256. The predicted molar refractivity (Wildman–Crippen MR) is 54.9 cm³/mol. The summed E-state index contributed by atoms with van der Waals surface area (Å²) in [5.74, 6) is -0.256. The van der Waals surface area contributed by atoms with Gasteiger partial charge in [0.15, 0.2) is 5.69 Å². The third kappa shape index (κ3) is 2.12. The number of amides is 1. The van der Waals surface area contributed by atoms with Gasteiger partial charge in [0.1, 0.15) is 0 Å². The van der Waals surface area contributed by atoms with Crippen LogP contribution in [0.4, 0.5) is 5.69 Å². The number of hydrogen-bond donors (Lipinski definition) is 3. The van der Waals surface area contributed by atoms with Crippen molar-refractivity contribution in [1.82, 2.24) is 15.5 Å². The molecule has 76 valence electrons. The summed E-state index contributed by atoms with van der Waals surface area (Å²) >= 11 is 0. The van der Waals surface area contributed by atoms with E-state index in [1.807, 2.05) is 0 Å². The van der Waals surface area contributed by atoms with Crippen LogP contribution < -0.4 is 11.1 Å². The minimum Gasteiger partial charge on any atom is -0.395 e. The van der Waals surface area contributed by atoms with Crippen molar-refractivity contribution in [3.63, 3.8) is 0 Å². The normalized spacial score (nSPS) is 9.79. The second kappa shape index (κ2) is 4.45. The van der Waals surface area contributed by atoms with Crippen LogP contribution in [0.25, 0.3) is 0 Å². The predicted octanol–water partition coefficient (Wildman–Crippen LogP) is 0.606. The molecule has 5 nitrogen and oxygen atoms in total. The molecule has 4 N–H and O–H groups in total. The summed E-state index contributed by atoms with van der Waals surface area (Å²) < 4.78 is 0. The van der Waals surface area contributed by atoms with Crippen LogP contribution >= 0.6 is 0 Å². The van der Waals surface area contributed by atoms with Crippen molar-refractivity contribution < 1.29 is 4.79 Å². The Hall–Kier alpha value is -1.78. The Morgan fingerprint density at radius 1 is 1.79 bits per heavy atom. The number of carbonyl (C=O) groups is 1. The Balaban J connectivity index is 2.61. The van der Waals surface area contributed by atoms with Crippen LogP contribution in [0.15, 0.2) is 12.7 Å². The van der Waals surface area contributed by atoms with E-state index in [9.17, 15) is 4.79 Å². The molecule has 0 bridgehead atoms. The van der Waals surface area contributed by atoms with Crippen LogP contribution in [0.3, 0.4) is 0 Å². The zero-order valence-electron chi connectivity index (χ0n) is 8.13. The summed E-state index contributed by atoms with van der Waals surface area (Å²) in [6.45, 7) is 5.87. The van der Waals surface area contributed by atoms with Gasteiger partial charge in [-0.3, -0.25) is 9.89 Å². The average Bonchev–Trinajstić information content (AvgIpc) is 2.48. The van der Waals surface area contributed by atoms with Gasteiger partial charge in [0, 0.05) is 6.54 Å². The van der Waals surface area contributed by atoms with Gasteiger partial charge in [0.05, 0.1) is 11.4 Å². The number of H-pyrrole nitrogens is 1. The number of rotatable bonds is 4. The molecule has 0 saturated heterocycles. The first-order valence-corrected chi connectivity index (χ1v) is 4.36. The molecule has 0 aromatic carbocycles. The molecule has 1 amide bonds. The first kappa shape index (κ1) is 10.3. The maximum Gasteiger partial charge on any atom is 0.273 e. The highest BCUT2D eigenvalue weighted by molar-refractivity contribution is 5.97. The molecule has 0 fully saturated rings. The van der Waals surface area contributed by atoms with E-state index < -0.39 is 0 Å². The molecule has 0 saturated carbocycles. The number of hydrogen-bond acceptors (Lipinski definition) is 3. The number of nitrogens with one attached hydrogen (secondary N) is 2. The molecular weight excluding hydrogens is 180 g/mol. The Kier molecular flexibility index (Phi) is 3.28. The molecule has 1 rings (SSSR count). The van der Waals surface area contributed by atoms with Crippen LogP contribution in [-0.2, 0) is 0 Å². The van der Waals surface area contributed by atoms with Gasteiger partial charge in [-0.05, 0) is 13.3 Å². The number of nitrogens with two attached hydrogens (primary N) is 1. The summed E-state index contributed by atoms with van der Waals surface area (Å²) in [7, 11) is 0. The standard InChI is InChI=1S/C9H14N4O/c1-3-4-5-11-9(14)8-7(10)6(2)12-13-8/h3H,1,4-5,10H2,2H3,(H,11,14)(H,12,13). The van der Waals surface area contributed by atoms with Crippen molar-refractivity contribution in [2.45, 2.75) is 13.3 Å². The van der Waals surface area contributed by atoms with E-state index in [0.29, 0.717) is 17.9 Å². The van der Waals surface area contributed by atoms with Crippen molar-refractivity contribution in [1.29, 1.82) is 0 Å². The highest BCUT2D eigenvalue weighted by Crippen LogP contribution is 2.11. The largest absolute Gasteiger partial charge is 0.395 e. The molecule has 0 aliphatic rings. The van der Waals surface area contributed by atoms with E-state index in [1.54, 1.807) is 13.0 Å². The smallest absolute Gasteiger partial charge is 0.273 e. The van der Waals surface area contributed by atoms with Crippen molar-refractivity contribution >= 4 is 11.6 Å². The van der Waals surface area contributed by atoms with Crippen molar-refractivity contribution in [3.05, 3.63) is 24.0 Å². The Morgan fingerprint density at radius 2 is 2.50 bits per heavy atom. The third-order valence-electron chi connectivity index (χ3n) is 1.84. The number of nitrogen functional groups attached to an aromatic ring is 1. The summed E-state index contributed by atoms with van der Waals surface area (Å²) in [6.07, 6.45) is 2.47. The second-order valence-corrected chi connectivity index (χ2v) is 2.94. The van der Waals surface area contributed by atoms with E-state index in [2.05, 4.69) is 22.1 Å². The monoisotopic (exact) mass is 194 g/mol. The molecule has 0 unspecified atom stereocenters. The third-order valence-corrected chi connectivity index (χ3v) is 1.84. The quantitative estimate of drug-likeness (QED) is 0.485. The highest BCUT2D eigenvalue weighted by Gasteiger charge is 2.13. The van der Waals surface area contributed by atoms with Crippen LogP contribution in [0.2, 0.25) is 0 Å². The summed E-state index contributed by atoms with van der Waals surface area (Å²) in [5, 5.41) is 9.14. The fourth-order valence-corrected chi connectivity index (χ4v) is 0.982. The summed E-state index contributed by atoms with van der Waals surface area (Å²) in [6, 6.07) is 0. The SMILES string of the molecule is C=CCCNC(=O)c1n[nH]c(C)c1N. The van der Waals surface area contributed by atoms with Crippen molar-refractivity contribution in [3.8, 4) is 0 Å². The van der Waals surface area contributed by atoms with Gasteiger partial charge in [-0.15, -0.1) is 6.58 Å². The molecule has 14 heavy (non-hydrogen) atoms. The van der Waals surface area contributed by atoms with Crippen LogP contribution in [0.1, 0.15) is 22.6 Å². The van der Waals surface area contributed by atoms with Gasteiger partial charge in [0.25, 0.3) is 5.91 Å². The van der Waals surface area contributed by atoms with Crippen LogP contribution in [-0.4, -0.2) is 22.6 Å². The summed E-state index contributed by atoms with van der Waals surface area (Å²) in [4.78, 5) is 11.4. The van der Waals surface area contributed by atoms with E-state index in [1.165, 1.54) is 0 Å². The van der Waals surface area contributed by atoms with E-state index in [-0.39, 0.29) is 11.6 Å². The number of carbonyl (C=O) groups excluding carboxylic acids is 1. The van der Waals surface area contributed by atoms with Crippen molar-refractivity contribution in [2.75, 3.05) is 12.3 Å². The fourth-order valence-electron chi connectivity index (χ4n) is 0.982. The van der Waals surface area contributed by atoms with Gasteiger partial charge in [-0.1, -0.05) is 6.08 Å². The fraction of sp³-hybridized carbons (Fsp3) is 0.333. The van der Waals surface area contributed by atoms with Crippen LogP contribution in [0.5, 0.6) is 0 Å². The lowest BCUT2D eigenvalue weighted by Crippen LogP contribution is -2.25. The Labute approximate surface area is 82.4 Å². The minimum absolute atomic E-state index is 0.256. The zero-order valence-corrected chi connectivity index (χ0v) is 8.13. The number of aromatic nitrogens is 2. The second-order valence-electron chi connectivity index (χ2n) is 2.94. The molecule has 0 atom stereocenters. The lowest BCUT2D eigenvalue weighted by Gasteiger charge is -2.00. The molecule has 0 aliphatic heterocycles. The van der Waals surface area contributed by atoms with Gasteiger partial charge < -0.3 is 11.1 Å². The van der Waals surface area contributed by atoms with Crippen molar-refractivity contribution in [2.24, 2.45) is 0 Å². The van der Waals surface area contributed by atoms with Gasteiger partial charge in [-0.2, -0.15) is 5.10 Å². The first-order chi connectivity index (χ1) is 6.66.